The van der Waals surface area contributed by atoms with Crippen molar-refractivity contribution in [1.82, 2.24) is 15.5 Å². The van der Waals surface area contributed by atoms with Gasteiger partial charge in [-0.3, -0.25) is 4.90 Å². The van der Waals surface area contributed by atoms with Gasteiger partial charge in [0.05, 0.1) is 32.5 Å². The standard InChI is InChI=1S/C22H38N4O2/c1-6-23-21(25-17-22(4,5)26-10-12-27-13-11-26)24-15-19-8-7-9-20(14-19)16-28-18(2)3/h7-9,14,18H,6,10-13,15-17H2,1-5H3,(H2,23,24,25). The van der Waals surface area contributed by atoms with Crippen LogP contribution in [-0.4, -0.2) is 61.9 Å². The van der Waals surface area contributed by atoms with E-state index in [1.165, 1.54) is 11.1 Å². The molecule has 0 aliphatic carbocycles. The minimum absolute atomic E-state index is 0.0497. The molecule has 1 aliphatic rings. The van der Waals surface area contributed by atoms with E-state index in [2.05, 4.69) is 74.4 Å². The normalized spacial score (nSPS) is 16.4. The molecule has 1 aromatic rings. The third-order valence-corrected chi connectivity index (χ3v) is 4.89. The van der Waals surface area contributed by atoms with Crippen molar-refractivity contribution in [2.24, 2.45) is 4.99 Å². The summed E-state index contributed by atoms with van der Waals surface area (Å²) in [6, 6.07) is 8.46. The molecule has 158 valence electrons. The summed E-state index contributed by atoms with van der Waals surface area (Å²) in [6.07, 6.45) is 0.237. The van der Waals surface area contributed by atoms with Gasteiger partial charge in [0.25, 0.3) is 0 Å². The first-order valence-electron chi connectivity index (χ1n) is 10.4. The fourth-order valence-electron chi connectivity index (χ4n) is 3.17. The van der Waals surface area contributed by atoms with E-state index in [1.807, 2.05) is 0 Å². The molecule has 6 nitrogen and oxygen atoms in total. The second kappa shape index (κ2) is 11.4. The molecule has 28 heavy (non-hydrogen) atoms. The lowest BCUT2D eigenvalue weighted by molar-refractivity contribution is -0.00834. The number of nitrogens with zero attached hydrogens (tertiary/aromatic N) is 2. The highest BCUT2D eigenvalue weighted by molar-refractivity contribution is 5.79. The molecule has 2 rings (SSSR count). The third-order valence-electron chi connectivity index (χ3n) is 4.89. The summed E-state index contributed by atoms with van der Waals surface area (Å²) in [5.41, 5.74) is 2.43. The predicted octanol–water partition coefficient (Wildman–Crippen LogP) is 2.78. The van der Waals surface area contributed by atoms with Gasteiger partial charge in [-0.2, -0.15) is 0 Å². The Morgan fingerprint density at radius 2 is 1.93 bits per heavy atom. The molecule has 0 atom stereocenters. The lowest BCUT2D eigenvalue weighted by Gasteiger charge is -2.41. The van der Waals surface area contributed by atoms with E-state index in [1.54, 1.807) is 0 Å². The van der Waals surface area contributed by atoms with E-state index in [0.717, 1.165) is 45.4 Å². The molecule has 0 amide bonds. The average Bonchev–Trinajstić information content (AvgIpc) is 2.69. The van der Waals surface area contributed by atoms with Crippen molar-refractivity contribution in [3.8, 4) is 0 Å². The van der Waals surface area contributed by atoms with Crippen LogP contribution in [0.1, 0.15) is 45.7 Å². The van der Waals surface area contributed by atoms with Gasteiger partial charge in [-0.15, -0.1) is 0 Å². The van der Waals surface area contributed by atoms with Gasteiger partial charge in [0.15, 0.2) is 5.96 Å². The Hall–Kier alpha value is -1.63. The van der Waals surface area contributed by atoms with Gasteiger partial charge in [-0.05, 0) is 45.7 Å². The first kappa shape index (κ1) is 22.7. The maximum absolute atomic E-state index is 5.71. The zero-order chi connectivity index (χ0) is 20.4. The minimum Gasteiger partial charge on any atom is -0.379 e. The molecular formula is C22H38N4O2. The van der Waals surface area contributed by atoms with Gasteiger partial charge in [-0.1, -0.05) is 24.3 Å². The summed E-state index contributed by atoms with van der Waals surface area (Å²) in [5, 5.41) is 6.87. The Balaban J connectivity index is 1.93. The fourth-order valence-corrected chi connectivity index (χ4v) is 3.17. The zero-order valence-corrected chi connectivity index (χ0v) is 18.3. The van der Waals surface area contributed by atoms with E-state index in [-0.39, 0.29) is 11.6 Å². The monoisotopic (exact) mass is 390 g/mol. The van der Waals surface area contributed by atoms with Crippen molar-refractivity contribution >= 4 is 5.96 Å². The van der Waals surface area contributed by atoms with Crippen LogP contribution in [0, 0.1) is 0 Å². The number of rotatable bonds is 9. The van der Waals surface area contributed by atoms with Crippen molar-refractivity contribution < 1.29 is 9.47 Å². The molecule has 1 aromatic carbocycles. The van der Waals surface area contributed by atoms with Crippen LogP contribution in [-0.2, 0) is 22.6 Å². The summed E-state index contributed by atoms with van der Waals surface area (Å²) >= 11 is 0. The first-order chi connectivity index (χ1) is 13.4. The number of nitrogens with one attached hydrogen (secondary N) is 2. The number of hydrogen-bond acceptors (Lipinski definition) is 4. The molecule has 0 saturated carbocycles. The number of guanidine groups is 1. The smallest absolute Gasteiger partial charge is 0.191 e. The van der Waals surface area contributed by atoms with E-state index < -0.39 is 0 Å². The lowest BCUT2D eigenvalue weighted by Crippen LogP contribution is -2.56. The molecule has 0 aromatic heterocycles. The number of ether oxygens (including phenoxy) is 2. The summed E-state index contributed by atoms with van der Waals surface area (Å²) in [4.78, 5) is 7.26. The molecule has 1 aliphatic heterocycles. The van der Waals surface area contributed by atoms with Crippen LogP contribution < -0.4 is 10.6 Å². The first-order valence-corrected chi connectivity index (χ1v) is 10.4. The molecule has 6 heteroatoms. The molecule has 2 N–H and O–H groups in total. The second-order valence-electron chi connectivity index (χ2n) is 8.14. The molecular weight excluding hydrogens is 352 g/mol. The van der Waals surface area contributed by atoms with Crippen molar-refractivity contribution in [2.45, 2.75) is 59.4 Å². The molecule has 0 bridgehead atoms. The minimum atomic E-state index is 0.0497. The average molecular weight is 391 g/mol. The zero-order valence-electron chi connectivity index (χ0n) is 18.3. The fraction of sp³-hybridized carbons (Fsp3) is 0.682. The third kappa shape index (κ3) is 7.78. The highest BCUT2D eigenvalue weighted by Gasteiger charge is 2.28. The number of benzene rings is 1. The van der Waals surface area contributed by atoms with Crippen molar-refractivity contribution in [2.75, 3.05) is 39.4 Å². The van der Waals surface area contributed by atoms with Crippen molar-refractivity contribution in [1.29, 1.82) is 0 Å². The Kier molecular flexibility index (Phi) is 9.22. The van der Waals surface area contributed by atoms with E-state index in [4.69, 9.17) is 14.5 Å². The van der Waals surface area contributed by atoms with Crippen LogP contribution in [0.15, 0.2) is 29.3 Å². The SMILES string of the molecule is CCNC(=NCc1cccc(COC(C)C)c1)NCC(C)(C)N1CCOCC1. The van der Waals surface area contributed by atoms with Gasteiger partial charge in [-0.25, -0.2) is 4.99 Å². The maximum atomic E-state index is 5.71. The van der Waals surface area contributed by atoms with Crippen LogP contribution >= 0.6 is 0 Å². The largest absolute Gasteiger partial charge is 0.379 e. The van der Waals surface area contributed by atoms with Crippen LogP contribution in [0.3, 0.4) is 0 Å². The quantitative estimate of drug-likeness (QED) is 0.502. The Morgan fingerprint density at radius 3 is 2.61 bits per heavy atom. The van der Waals surface area contributed by atoms with Crippen molar-refractivity contribution in [3.05, 3.63) is 35.4 Å². The highest BCUT2D eigenvalue weighted by Crippen LogP contribution is 2.15. The second-order valence-corrected chi connectivity index (χ2v) is 8.14. The van der Waals surface area contributed by atoms with Gasteiger partial charge in [0, 0.05) is 31.7 Å². The molecule has 1 heterocycles. The van der Waals surface area contributed by atoms with Gasteiger partial charge in [0.2, 0.25) is 0 Å². The van der Waals surface area contributed by atoms with Crippen LogP contribution in [0.4, 0.5) is 0 Å². The van der Waals surface area contributed by atoms with E-state index >= 15 is 0 Å². The van der Waals surface area contributed by atoms with Crippen LogP contribution in [0.5, 0.6) is 0 Å². The Morgan fingerprint density at radius 1 is 1.21 bits per heavy atom. The molecule has 0 spiro atoms. The number of aliphatic imine (C=N–C) groups is 1. The number of morpholine rings is 1. The van der Waals surface area contributed by atoms with Gasteiger partial charge >= 0.3 is 0 Å². The van der Waals surface area contributed by atoms with E-state index in [0.29, 0.717) is 13.2 Å². The summed E-state index contributed by atoms with van der Waals surface area (Å²) < 4.78 is 11.2. The van der Waals surface area contributed by atoms with E-state index in [9.17, 15) is 0 Å². The highest BCUT2D eigenvalue weighted by atomic mass is 16.5. The maximum Gasteiger partial charge on any atom is 0.191 e. The van der Waals surface area contributed by atoms with Crippen LogP contribution in [0.25, 0.3) is 0 Å². The Bertz CT molecular complexity index is 610. The number of hydrogen-bond donors (Lipinski definition) is 2. The molecule has 1 saturated heterocycles. The Labute approximate surface area is 170 Å². The molecule has 0 radical (unpaired) electrons. The predicted molar refractivity (Wildman–Crippen MR) is 116 cm³/mol. The summed E-state index contributed by atoms with van der Waals surface area (Å²) in [6.45, 7) is 17.3. The lowest BCUT2D eigenvalue weighted by atomic mass is 10.0. The molecule has 1 fully saturated rings. The van der Waals surface area contributed by atoms with Crippen LogP contribution in [0.2, 0.25) is 0 Å². The van der Waals surface area contributed by atoms with Gasteiger partial charge < -0.3 is 20.1 Å². The van der Waals surface area contributed by atoms with Gasteiger partial charge in [0.1, 0.15) is 0 Å². The van der Waals surface area contributed by atoms with Crippen molar-refractivity contribution in [3.63, 3.8) is 0 Å². The summed E-state index contributed by atoms with van der Waals surface area (Å²) in [7, 11) is 0. The molecule has 0 unspecified atom stereocenters. The topological polar surface area (TPSA) is 58.1 Å². The summed E-state index contributed by atoms with van der Waals surface area (Å²) in [5.74, 6) is 0.854.